The van der Waals surface area contributed by atoms with Gasteiger partial charge in [0.05, 0.1) is 0 Å². The first-order chi connectivity index (χ1) is 8.30. The van der Waals surface area contributed by atoms with Crippen LogP contribution in [0.2, 0.25) is 0 Å². The molecule has 0 spiro atoms. The minimum Gasteiger partial charge on any atom is -0.0593 e. The minimum absolute atomic E-state index is 0.376. The van der Waals surface area contributed by atoms with Gasteiger partial charge in [0.1, 0.15) is 0 Å². The number of aryl methyl sites for hydroxylation is 2. The van der Waals surface area contributed by atoms with Crippen LogP contribution < -0.4 is 0 Å². The number of rotatable bonds is 2. The average molecular weight is 205 g/mol. The van der Waals surface area contributed by atoms with E-state index in [9.17, 15) is 0 Å². The van der Waals surface area contributed by atoms with E-state index in [2.05, 4.69) is 13.0 Å². The summed E-state index contributed by atoms with van der Waals surface area (Å²) < 4.78 is 22.7. The Kier molecular flexibility index (Phi) is 2.00. The first-order valence-electron chi connectivity index (χ1n) is 7.40. The maximum Gasteiger partial charge on any atom is 0.0280 e. The van der Waals surface area contributed by atoms with Crippen LogP contribution in [0.4, 0.5) is 0 Å². The highest BCUT2D eigenvalue weighted by Gasteiger charge is 2.28. The van der Waals surface area contributed by atoms with Gasteiger partial charge in [-0.3, -0.25) is 0 Å². The molecular weight excluding hydrogens is 180 g/mol. The molecule has 0 aromatic heterocycles. The lowest BCUT2D eigenvalue weighted by Crippen LogP contribution is -2.14. The summed E-state index contributed by atoms with van der Waals surface area (Å²) in [7, 11) is 0. The summed E-state index contributed by atoms with van der Waals surface area (Å²) in [5.74, 6) is 0. The summed E-state index contributed by atoms with van der Waals surface area (Å²) in [5.41, 5.74) is 2.94. The summed E-state index contributed by atoms with van der Waals surface area (Å²) in [6, 6.07) is 5.94. The van der Waals surface area contributed by atoms with Gasteiger partial charge in [0.2, 0.25) is 0 Å². The van der Waals surface area contributed by atoms with Gasteiger partial charge < -0.3 is 0 Å². The van der Waals surface area contributed by atoms with E-state index in [0.29, 0.717) is 11.0 Å². The molecule has 0 saturated heterocycles. The smallest absolute Gasteiger partial charge is 0.0280 e. The van der Waals surface area contributed by atoms with Gasteiger partial charge in [0, 0.05) is 4.11 Å². The monoisotopic (exact) mass is 205 g/mol. The highest BCUT2D eigenvalue weighted by Crippen LogP contribution is 2.40. The largest absolute Gasteiger partial charge is 0.0593 e. The summed E-state index contributed by atoms with van der Waals surface area (Å²) >= 11 is 0. The zero-order valence-electron chi connectivity index (χ0n) is 12.8. The Morgan fingerprint density at radius 3 is 2.67 bits per heavy atom. The predicted octanol–water partition coefficient (Wildman–Crippen LogP) is 4.43. The molecule has 0 heteroatoms. The molecule has 0 radical (unpaired) electrons. The third kappa shape index (κ3) is 2.42. The quantitative estimate of drug-likeness (QED) is 0.670. The van der Waals surface area contributed by atoms with Gasteiger partial charge in [-0.25, -0.2) is 0 Å². The third-order valence-electron chi connectivity index (χ3n) is 3.74. The van der Waals surface area contributed by atoms with Gasteiger partial charge in [-0.1, -0.05) is 38.0 Å². The van der Waals surface area contributed by atoms with Crippen molar-refractivity contribution < 1.29 is 4.11 Å². The molecule has 1 aliphatic rings. The Morgan fingerprint density at radius 2 is 2.00 bits per heavy atom. The van der Waals surface area contributed by atoms with Crippen LogP contribution in [0.15, 0.2) is 18.2 Å². The molecule has 0 atom stereocenters. The third-order valence-corrected chi connectivity index (χ3v) is 3.74. The van der Waals surface area contributed by atoms with E-state index >= 15 is 0 Å². The molecule has 1 aromatic carbocycles. The van der Waals surface area contributed by atoms with Crippen molar-refractivity contribution in [2.24, 2.45) is 5.41 Å². The van der Waals surface area contributed by atoms with Crippen LogP contribution in [0.25, 0.3) is 0 Å². The molecule has 0 N–H and O–H groups in total. The van der Waals surface area contributed by atoms with Crippen molar-refractivity contribution in [2.75, 3.05) is 0 Å². The van der Waals surface area contributed by atoms with E-state index in [1.54, 1.807) is 0 Å². The van der Waals surface area contributed by atoms with Crippen LogP contribution >= 0.6 is 0 Å². The minimum atomic E-state index is -1.99. The van der Waals surface area contributed by atoms with Crippen LogP contribution in [-0.2, 0) is 6.42 Å². The second-order valence-corrected chi connectivity index (χ2v) is 5.34. The van der Waals surface area contributed by atoms with Crippen molar-refractivity contribution in [3.05, 3.63) is 34.9 Å². The summed E-state index contributed by atoms with van der Waals surface area (Å²) in [6.07, 6.45) is 6.17. The maximum absolute atomic E-state index is 7.58. The van der Waals surface area contributed by atoms with Crippen LogP contribution in [0.3, 0.4) is 0 Å². The Hall–Kier alpha value is -0.780. The van der Waals surface area contributed by atoms with Crippen molar-refractivity contribution in [3.8, 4) is 0 Å². The highest BCUT2D eigenvalue weighted by atomic mass is 14.3. The molecule has 0 aliphatic heterocycles. The lowest BCUT2D eigenvalue weighted by atomic mass is 9.82. The lowest BCUT2D eigenvalue weighted by molar-refractivity contribution is 0.334. The molecule has 2 rings (SSSR count). The molecule has 0 amide bonds. The van der Waals surface area contributed by atoms with E-state index in [4.69, 9.17) is 4.11 Å². The zero-order valence-corrected chi connectivity index (χ0v) is 9.77. The first kappa shape index (κ1) is 7.49. The van der Waals surface area contributed by atoms with Crippen LogP contribution in [0.5, 0.6) is 0 Å². The number of hydrogen-bond donors (Lipinski definition) is 0. The zero-order chi connectivity index (χ0) is 13.4. The number of benzene rings is 1. The van der Waals surface area contributed by atoms with E-state index in [1.165, 1.54) is 31.2 Å². The molecular formula is C15H22. The first-order valence-corrected chi connectivity index (χ1v) is 5.90. The second kappa shape index (κ2) is 4.00. The van der Waals surface area contributed by atoms with Crippen molar-refractivity contribution >= 4 is 0 Å². The topological polar surface area (TPSA) is 0 Å². The van der Waals surface area contributed by atoms with E-state index in [1.807, 2.05) is 19.1 Å². The standard InChI is InChI=1S/C15H22/c1-12-6-7-14(10-13(12)2)11-15(3)8-4-5-9-15/h6-7,10H,4-5,8-9,11H2,1-3H3/i2D3. The molecule has 0 bridgehead atoms. The molecule has 1 aromatic rings. The predicted molar refractivity (Wildman–Crippen MR) is 66.2 cm³/mol. The van der Waals surface area contributed by atoms with Gasteiger partial charge in [-0.15, -0.1) is 0 Å². The lowest BCUT2D eigenvalue weighted by Gasteiger charge is -2.23. The van der Waals surface area contributed by atoms with Crippen LogP contribution in [0.1, 0.15) is 53.4 Å². The fourth-order valence-electron chi connectivity index (χ4n) is 2.68. The Labute approximate surface area is 97.9 Å². The van der Waals surface area contributed by atoms with E-state index < -0.39 is 6.85 Å². The van der Waals surface area contributed by atoms with Gasteiger partial charge in [0.25, 0.3) is 0 Å². The Balaban J connectivity index is 2.25. The molecule has 0 unspecified atom stereocenters. The van der Waals surface area contributed by atoms with Gasteiger partial charge in [-0.2, -0.15) is 0 Å². The highest BCUT2D eigenvalue weighted by molar-refractivity contribution is 5.30. The normalized spacial score (nSPS) is 23.2. The number of hydrogen-bond acceptors (Lipinski definition) is 0. The molecule has 1 aliphatic carbocycles. The summed E-state index contributed by atoms with van der Waals surface area (Å²) in [4.78, 5) is 0. The molecule has 1 fully saturated rings. The molecule has 15 heavy (non-hydrogen) atoms. The van der Waals surface area contributed by atoms with Crippen molar-refractivity contribution in [3.63, 3.8) is 0 Å². The van der Waals surface area contributed by atoms with E-state index in [0.717, 1.165) is 12.0 Å². The van der Waals surface area contributed by atoms with Crippen molar-refractivity contribution in [2.45, 2.75) is 52.8 Å². The van der Waals surface area contributed by atoms with Crippen molar-refractivity contribution in [1.82, 2.24) is 0 Å². The average Bonchev–Trinajstić information content (AvgIpc) is 2.66. The fraction of sp³-hybridized carbons (Fsp3) is 0.600. The summed E-state index contributed by atoms with van der Waals surface area (Å²) in [6.45, 7) is 2.22. The van der Waals surface area contributed by atoms with Gasteiger partial charge in [-0.05, 0) is 55.1 Å². The van der Waals surface area contributed by atoms with Gasteiger partial charge in [0.15, 0.2) is 0 Å². The molecule has 0 nitrogen and oxygen atoms in total. The SMILES string of the molecule is [2H]C([2H])([2H])c1cc(CC2(C)CCCC2)ccc1C. The summed E-state index contributed by atoms with van der Waals surface area (Å²) in [5, 5.41) is 0. The molecule has 0 heterocycles. The maximum atomic E-state index is 7.58. The second-order valence-electron chi connectivity index (χ2n) is 5.34. The van der Waals surface area contributed by atoms with Crippen LogP contribution in [0, 0.1) is 19.2 Å². The Morgan fingerprint density at radius 1 is 1.27 bits per heavy atom. The van der Waals surface area contributed by atoms with E-state index in [-0.39, 0.29) is 0 Å². The van der Waals surface area contributed by atoms with Gasteiger partial charge >= 0.3 is 0 Å². The molecule has 1 saturated carbocycles. The van der Waals surface area contributed by atoms with Crippen molar-refractivity contribution in [1.29, 1.82) is 0 Å². The fourth-order valence-corrected chi connectivity index (χ4v) is 2.68. The molecule has 82 valence electrons. The Bertz CT molecular complexity index is 426. The van der Waals surface area contributed by atoms with Crippen LogP contribution in [-0.4, -0.2) is 0 Å².